The third-order valence-corrected chi connectivity index (χ3v) is 4.28. The van der Waals surface area contributed by atoms with Crippen LogP contribution in [0.1, 0.15) is 16.1 Å². The van der Waals surface area contributed by atoms with Gasteiger partial charge in [-0.1, -0.05) is 41.9 Å². The van der Waals surface area contributed by atoms with Gasteiger partial charge >= 0.3 is 0 Å². The van der Waals surface area contributed by atoms with Crippen molar-refractivity contribution in [2.24, 2.45) is 0 Å². The highest BCUT2D eigenvalue weighted by Crippen LogP contribution is 2.27. The lowest BCUT2D eigenvalue weighted by Crippen LogP contribution is -2.17. The Morgan fingerprint density at radius 1 is 1.12 bits per heavy atom. The van der Waals surface area contributed by atoms with Crippen molar-refractivity contribution >= 4 is 23.2 Å². The first-order chi connectivity index (χ1) is 12.2. The molecule has 0 spiro atoms. The van der Waals surface area contributed by atoms with Gasteiger partial charge < -0.3 is 14.6 Å². The molecule has 0 aliphatic carbocycles. The lowest BCUT2D eigenvalue weighted by Gasteiger charge is -2.11. The van der Waals surface area contributed by atoms with Crippen molar-refractivity contribution in [3.05, 3.63) is 83.1 Å². The molecule has 0 aliphatic heterocycles. The largest absolute Gasteiger partial charge is 0.497 e. The molecule has 3 aromatic rings. The molecular formula is C20H19ClN2O2. The van der Waals surface area contributed by atoms with Gasteiger partial charge in [0.25, 0.3) is 5.91 Å². The zero-order chi connectivity index (χ0) is 17.6. The van der Waals surface area contributed by atoms with Gasteiger partial charge in [-0.2, -0.15) is 0 Å². The van der Waals surface area contributed by atoms with Crippen molar-refractivity contribution in [2.75, 3.05) is 12.4 Å². The standard InChI is InChI=1S/C20H19ClN2O2/c1-25-16-9-10-18(17(21)14-16)22-20(24)19-8-5-12-23(19)13-11-15-6-3-2-4-7-15/h2-10,12,14H,11,13H2,1H3,(H,22,24). The number of halogens is 1. The summed E-state index contributed by atoms with van der Waals surface area (Å²) in [4.78, 5) is 12.6. The fraction of sp³-hybridized carbons (Fsp3) is 0.150. The Kier molecular flexibility index (Phi) is 5.41. The highest BCUT2D eigenvalue weighted by atomic mass is 35.5. The zero-order valence-corrected chi connectivity index (χ0v) is 14.7. The van der Waals surface area contributed by atoms with E-state index in [1.165, 1.54) is 5.56 Å². The van der Waals surface area contributed by atoms with Gasteiger partial charge in [0.05, 0.1) is 17.8 Å². The molecular weight excluding hydrogens is 336 g/mol. The first-order valence-corrected chi connectivity index (χ1v) is 8.39. The minimum absolute atomic E-state index is 0.190. The Labute approximate surface area is 152 Å². The van der Waals surface area contributed by atoms with Crippen molar-refractivity contribution in [3.8, 4) is 5.75 Å². The van der Waals surface area contributed by atoms with E-state index in [4.69, 9.17) is 16.3 Å². The van der Waals surface area contributed by atoms with Gasteiger partial charge in [0, 0.05) is 18.8 Å². The summed E-state index contributed by atoms with van der Waals surface area (Å²) in [7, 11) is 1.57. The van der Waals surface area contributed by atoms with Gasteiger partial charge in [0.15, 0.2) is 0 Å². The Hall–Kier alpha value is -2.72. The maximum absolute atomic E-state index is 12.6. The van der Waals surface area contributed by atoms with Crippen molar-refractivity contribution in [1.29, 1.82) is 0 Å². The molecule has 0 radical (unpaired) electrons. The zero-order valence-electron chi connectivity index (χ0n) is 13.9. The van der Waals surface area contributed by atoms with Gasteiger partial charge in [-0.3, -0.25) is 4.79 Å². The average molecular weight is 355 g/mol. The number of rotatable bonds is 6. The van der Waals surface area contributed by atoms with Crippen LogP contribution in [0, 0.1) is 0 Å². The summed E-state index contributed by atoms with van der Waals surface area (Å²) in [5.74, 6) is 0.458. The molecule has 1 aromatic heterocycles. The summed E-state index contributed by atoms with van der Waals surface area (Å²) in [6, 6.07) is 19.0. The number of benzene rings is 2. The van der Waals surface area contributed by atoms with Crippen LogP contribution >= 0.6 is 11.6 Å². The van der Waals surface area contributed by atoms with Crippen LogP contribution in [0.25, 0.3) is 0 Å². The Morgan fingerprint density at radius 2 is 1.92 bits per heavy atom. The maximum Gasteiger partial charge on any atom is 0.272 e. The van der Waals surface area contributed by atoms with Crippen LogP contribution in [0.15, 0.2) is 66.9 Å². The number of aryl methyl sites for hydroxylation is 2. The van der Waals surface area contributed by atoms with Gasteiger partial charge in [-0.25, -0.2) is 0 Å². The topological polar surface area (TPSA) is 43.3 Å². The van der Waals surface area contributed by atoms with Crippen molar-refractivity contribution < 1.29 is 9.53 Å². The maximum atomic E-state index is 12.6. The van der Waals surface area contributed by atoms with E-state index in [-0.39, 0.29) is 5.91 Å². The molecule has 1 N–H and O–H groups in total. The fourth-order valence-electron chi connectivity index (χ4n) is 2.62. The monoisotopic (exact) mass is 354 g/mol. The molecule has 0 aliphatic rings. The molecule has 0 bridgehead atoms. The molecule has 0 unspecified atom stereocenters. The van der Waals surface area contributed by atoms with Crippen LogP contribution < -0.4 is 10.1 Å². The molecule has 4 nitrogen and oxygen atoms in total. The quantitative estimate of drug-likeness (QED) is 0.700. The summed E-state index contributed by atoms with van der Waals surface area (Å²) in [5.41, 5.74) is 2.40. The number of nitrogens with one attached hydrogen (secondary N) is 1. The van der Waals surface area contributed by atoms with Gasteiger partial charge in [-0.05, 0) is 36.2 Å². The second-order valence-corrected chi connectivity index (χ2v) is 6.03. The average Bonchev–Trinajstić information content (AvgIpc) is 3.11. The smallest absolute Gasteiger partial charge is 0.272 e. The summed E-state index contributed by atoms with van der Waals surface area (Å²) in [6.07, 6.45) is 2.77. The molecule has 0 saturated carbocycles. The molecule has 1 heterocycles. The number of anilines is 1. The van der Waals surface area contributed by atoms with Crippen molar-refractivity contribution in [2.45, 2.75) is 13.0 Å². The highest BCUT2D eigenvalue weighted by Gasteiger charge is 2.13. The fourth-order valence-corrected chi connectivity index (χ4v) is 2.84. The summed E-state index contributed by atoms with van der Waals surface area (Å²) >= 11 is 6.19. The van der Waals surface area contributed by atoms with Crippen LogP contribution in [-0.2, 0) is 13.0 Å². The predicted molar refractivity (Wildman–Crippen MR) is 101 cm³/mol. The van der Waals surface area contributed by atoms with Crippen molar-refractivity contribution in [3.63, 3.8) is 0 Å². The van der Waals surface area contributed by atoms with E-state index >= 15 is 0 Å². The van der Waals surface area contributed by atoms with Gasteiger partial charge in [0.1, 0.15) is 11.4 Å². The second kappa shape index (κ2) is 7.90. The Balaban J connectivity index is 1.70. The number of hydrogen-bond acceptors (Lipinski definition) is 2. The van der Waals surface area contributed by atoms with Crippen LogP contribution in [0.3, 0.4) is 0 Å². The van der Waals surface area contributed by atoms with Crippen molar-refractivity contribution in [1.82, 2.24) is 4.57 Å². The number of aromatic nitrogens is 1. The first kappa shape index (κ1) is 17.1. The molecule has 25 heavy (non-hydrogen) atoms. The lowest BCUT2D eigenvalue weighted by atomic mass is 10.1. The van der Waals surface area contributed by atoms with E-state index in [0.717, 1.165) is 13.0 Å². The lowest BCUT2D eigenvalue weighted by molar-refractivity contribution is 0.101. The SMILES string of the molecule is COc1ccc(NC(=O)c2cccn2CCc2ccccc2)c(Cl)c1. The van der Waals surface area contributed by atoms with E-state index in [1.54, 1.807) is 31.4 Å². The van der Waals surface area contributed by atoms with Gasteiger partial charge in [-0.15, -0.1) is 0 Å². The molecule has 1 amide bonds. The number of carbonyl (C=O) groups is 1. The summed E-state index contributed by atoms with van der Waals surface area (Å²) < 4.78 is 7.06. The van der Waals surface area contributed by atoms with E-state index in [1.807, 2.05) is 35.0 Å². The van der Waals surface area contributed by atoms with E-state index in [2.05, 4.69) is 17.4 Å². The molecule has 2 aromatic carbocycles. The third-order valence-electron chi connectivity index (χ3n) is 3.97. The van der Waals surface area contributed by atoms with E-state index in [0.29, 0.717) is 22.2 Å². The number of nitrogens with zero attached hydrogens (tertiary/aromatic N) is 1. The second-order valence-electron chi connectivity index (χ2n) is 5.62. The van der Waals surface area contributed by atoms with Crippen LogP contribution in [0.5, 0.6) is 5.75 Å². The Bertz CT molecular complexity index is 859. The highest BCUT2D eigenvalue weighted by molar-refractivity contribution is 6.34. The molecule has 0 saturated heterocycles. The number of methoxy groups -OCH3 is 1. The van der Waals surface area contributed by atoms with E-state index in [9.17, 15) is 4.79 Å². The molecule has 128 valence electrons. The normalized spacial score (nSPS) is 10.5. The van der Waals surface area contributed by atoms with Gasteiger partial charge in [0.2, 0.25) is 0 Å². The number of carbonyl (C=O) groups excluding carboxylic acids is 1. The molecule has 5 heteroatoms. The van der Waals surface area contributed by atoms with Crippen LogP contribution in [0.2, 0.25) is 5.02 Å². The van der Waals surface area contributed by atoms with Crippen LogP contribution in [-0.4, -0.2) is 17.6 Å². The molecule has 0 fully saturated rings. The molecule has 0 atom stereocenters. The minimum atomic E-state index is -0.190. The predicted octanol–water partition coefficient (Wildman–Crippen LogP) is 4.65. The Morgan fingerprint density at radius 3 is 2.64 bits per heavy atom. The minimum Gasteiger partial charge on any atom is -0.497 e. The number of hydrogen-bond donors (Lipinski definition) is 1. The molecule has 3 rings (SSSR count). The summed E-state index contributed by atoms with van der Waals surface area (Å²) in [5, 5.41) is 3.30. The van der Waals surface area contributed by atoms with Crippen LogP contribution in [0.4, 0.5) is 5.69 Å². The van der Waals surface area contributed by atoms with E-state index < -0.39 is 0 Å². The summed E-state index contributed by atoms with van der Waals surface area (Å²) in [6.45, 7) is 0.732. The first-order valence-electron chi connectivity index (χ1n) is 8.01. The third kappa shape index (κ3) is 4.22. The number of amides is 1. The number of ether oxygens (including phenoxy) is 1.